The molecule has 2 atom stereocenters. The highest BCUT2D eigenvalue weighted by Crippen LogP contribution is 2.32. The van der Waals surface area contributed by atoms with E-state index >= 15 is 0 Å². The minimum Gasteiger partial charge on any atom is -0.325 e. The van der Waals surface area contributed by atoms with Crippen molar-refractivity contribution in [2.24, 2.45) is 5.92 Å². The summed E-state index contributed by atoms with van der Waals surface area (Å²) in [6, 6.07) is 8.41. The Hall–Kier alpha value is -1.35. The average molecular weight is 232 g/mol. The van der Waals surface area contributed by atoms with Gasteiger partial charge in [-0.3, -0.25) is 4.79 Å². The minimum absolute atomic E-state index is 0.0376. The van der Waals surface area contributed by atoms with E-state index in [2.05, 4.69) is 17.6 Å². The molecule has 0 aromatic heterocycles. The van der Waals surface area contributed by atoms with Crippen LogP contribution in [0.4, 0.5) is 5.69 Å². The molecule has 2 unspecified atom stereocenters. The van der Waals surface area contributed by atoms with Gasteiger partial charge in [0.2, 0.25) is 5.91 Å². The highest BCUT2D eigenvalue weighted by atomic mass is 16.1. The molecule has 0 spiro atoms. The van der Waals surface area contributed by atoms with E-state index in [-0.39, 0.29) is 5.91 Å². The van der Waals surface area contributed by atoms with Gasteiger partial charge in [0.1, 0.15) is 0 Å². The molecule has 92 valence electrons. The van der Waals surface area contributed by atoms with Crippen molar-refractivity contribution in [1.82, 2.24) is 5.32 Å². The summed E-state index contributed by atoms with van der Waals surface area (Å²) in [7, 11) is 0. The van der Waals surface area contributed by atoms with Crippen molar-refractivity contribution in [3.63, 3.8) is 0 Å². The first-order valence-corrected chi connectivity index (χ1v) is 6.29. The third kappa shape index (κ3) is 3.56. The minimum atomic E-state index is 0.0376. The zero-order valence-corrected chi connectivity index (χ0v) is 10.5. The summed E-state index contributed by atoms with van der Waals surface area (Å²) in [6.07, 6.45) is 2.42. The standard InChI is InChI=1S/C14H20N2O/c1-3-11-8-13(11)15-9-14(17)16-12-6-4-10(2)5-7-12/h4-7,11,13,15H,3,8-9H2,1-2H3,(H,16,17). The highest BCUT2D eigenvalue weighted by Gasteiger charge is 2.34. The molecule has 0 saturated heterocycles. The molecule has 1 aromatic carbocycles. The molecule has 0 radical (unpaired) electrons. The lowest BCUT2D eigenvalue weighted by Crippen LogP contribution is -2.30. The number of carbonyl (C=O) groups is 1. The average Bonchev–Trinajstić information content (AvgIpc) is 3.08. The molecule has 2 rings (SSSR count). The van der Waals surface area contributed by atoms with Crippen LogP contribution in [0, 0.1) is 12.8 Å². The van der Waals surface area contributed by atoms with E-state index in [1.54, 1.807) is 0 Å². The topological polar surface area (TPSA) is 41.1 Å². The largest absolute Gasteiger partial charge is 0.325 e. The van der Waals surface area contributed by atoms with E-state index in [0.29, 0.717) is 12.6 Å². The third-order valence-corrected chi connectivity index (χ3v) is 3.31. The van der Waals surface area contributed by atoms with Crippen LogP contribution in [0.15, 0.2) is 24.3 Å². The van der Waals surface area contributed by atoms with Gasteiger partial charge in [-0.15, -0.1) is 0 Å². The lowest BCUT2D eigenvalue weighted by Gasteiger charge is -2.06. The molecule has 2 N–H and O–H groups in total. The van der Waals surface area contributed by atoms with Gasteiger partial charge in [0.05, 0.1) is 6.54 Å². The van der Waals surface area contributed by atoms with Gasteiger partial charge >= 0.3 is 0 Å². The van der Waals surface area contributed by atoms with Gasteiger partial charge in [-0.25, -0.2) is 0 Å². The molecule has 1 aromatic rings. The first kappa shape index (κ1) is 12.1. The number of amides is 1. The second-order valence-electron chi connectivity index (χ2n) is 4.81. The van der Waals surface area contributed by atoms with Crippen LogP contribution in [-0.4, -0.2) is 18.5 Å². The molecule has 17 heavy (non-hydrogen) atoms. The summed E-state index contributed by atoms with van der Waals surface area (Å²) in [6.45, 7) is 4.64. The first-order valence-electron chi connectivity index (χ1n) is 6.29. The van der Waals surface area contributed by atoms with E-state index in [9.17, 15) is 4.79 Å². The van der Waals surface area contributed by atoms with E-state index < -0.39 is 0 Å². The van der Waals surface area contributed by atoms with E-state index in [1.165, 1.54) is 18.4 Å². The number of carbonyl (C=O) groups excluding carboxylic acids is 1. The van der Waals surface area contributed by atoms with Gasteiger partial charge in [-0.2, -0.15) is 0 Å². The van der Waals surface area contributed by atoms with E-state index in [4.69, 9.17) is 0 Å². The maximum absolute atomic E-state index is 11.7. The number of hydrogen-bond donors (Lipinski definition) is 2. The molecular weight excluding hydrogens is 212 g/mol. The zero-order chi connectivity index (χ0) is 12.3. The Kier molecular flexibility index (Phi) is 3.79. The lowest BCUT2D eigenvalue weighted by atomic mass is 10.2. The van der Waals surface area contributed by atoms with Crippen LogP contribution in [0.3, 0.4) is 0 Å². The molecule has 0 aliphatic heterocycles. The third-order valence-electron chi connectivity index (χ3n) is 3.31. The van der Waals surface area contributed by atoms with Gasteiger partial charge in [0, 0.05) is 11.7 Å². The predicted molar refractivity (Wildman–Crippen MR) is 70.0 cm³/mol. The maximum atomic E-state index is 11.7. The van der Waals surface area contributed by atoms with Crippen LogP contribution in [0.1, 0.15) is 25.3 Å². The number of anilines is 1. The van der Waals surface area contributed by atoms with Crippen molar-refractivity contribution in [2.75, 3.05) is 11.9 Å². The molecule has 1 aliphatic carbocycles. The van der Waals surface area contributed by atoms with Crippen LogP contribution in [0.5, 0.6) is 0 Å². The van der Waals surface area contributed by atoms with Crippen molar-refractivity contribution in [2.45, 2.75) is 32.7 Å². The monoisotopic (exact) mass is 232 g/mol. The fraction of sp³-hybridized carbons (Fsp3) is 0.500. The summed E-state index contributed by atoms with van der Waals surface area (Å²) >= 11 is 0. The van der Waals surface area contributed by atoms with E-state index in [0.717, 1.165) is 11.6 Å². The van der Waals surface area contributed by atoms with Crippen molar-refractivity contribution >= 4 is 11.6 Å². The Labute approximate surface area is 103 Å². The molecule has 3 heteroatoms. The van der Waals surface area contributed by atoms with Gasteiger partial charge in [-0.05, 0) is 31.4 Å². The van der Waals surface area contributed by atoms with Crippen molar-refractivity contribution in [3.8, 4) is 0 Å². The summed E-state index contributed by atoms with van der Waals surface area (Å²) in [5.41, 5.74) is 2.06. The Morgan fingerprint density at radius 2 is 2.06 bits per heavy atom. The van der Waals surface area contributed by atoms with Gasteiger partial charge in [0.25, 0.3) is 0 Å². The fourth-order valence-electron chi connectivity index (χ4n) is 2.01. The summed E-state index contributed by atoms with van der Waals surface area (Å²) in [4.78, 5) is 11.7. The molecule has 0 heterocycles. The molecule has 0 bridgehead atoms. The Morgan fingerprint density at radius 1 is 1.35 bits per heavy atom. The van der Waals surface area contributed by atoms with Gasteiger partial charge in [0.15, 0.2) is 0 Å². The fourth-order valence-corrected chi connectivity index (χ4v) is 2.01. The lowest BCUT2D eigenvalue weighted by molar-refractivity contribution is -0.115. The highest BCUT2D eigenvalue weighted by molar-refractivity contribution is 5.92. The van der Waals surface area contributed by atoms with Crippen molar-refractivity contribution in [1.29, 1.82) is 0 Å². The quantitative estimate of drug-likeness (QED) is 0.818. The molecule has 1 aliphatic rings. The zero-order valence-electron chi connectivity index (χ0n) is 10.5. The first-order chi connectivity index (χ1) is 8.19. The van der Waals surface area contributed by atoms with Crippen molar-refractivity contribution in [3.05, 3.63) is 29.8 Å². The Balaban J connectivity index is 1.72. The second-order valence-corrected chi connectivity index (χ2v) is 4.81. The molecule has 1 fully saturated rings. The molecule has 1 amide bonds. The Morgan fingerprint density at radius 3 is 2.65 bits per heavy atom. The second kappa shape index (κ2) is 5.32. The van der Waals surface area contributed by atoms with Crippen LogP contribution in [0.25, 0.3) is 0 Å². The van der Waals surface area contributed by atoms with Gasteiger partial charge < -0.3 is 10.6 Å². The van der Waals surface area contributed by atoms with Crippen LogP contribution < -0.4 is 10.6 Å². The number of nitrogens with one attached hydrogen (secondary N) is 2. The summed E-state index contributed by atoms with van der Waals surface area (Å²) in [5, 5.41) is 6.16. The van der Waals surface area contributed by atoms with Crippen LogP contribution in [-0.2, 0) is 4.79 Å². The predicted octanol–water partition coefficient (Wildman–Crippen LogP) is 2.32. The number of rotatable bonds is 5. The van der Waals surface area contributed by atoms with Gasteiger partial charge in [-0.1, -0.05) is 31.0 Å². The maximum Gasteiger partial charge on any atom is 0.238 e. The van der Waals surface area contributed by atoms with Crippen molar-refractivity contribution < 1.29 is 4.79 Å². The summed E-state index contributed by atoms with van der Waals surface area (Å²) in [5.74, 6) is 0.817. The molecule has 3 nitrogen and oxygen atoms in total. The molecular formula is C14H20N2O. The van der Waals surface area contributed by atoms with Crippen LogP contribution in [0.2, 0.25) is 0 Å². The number of aryl methyl sites for hydroxylation is 1. The number of benzene rings is 1. The number of hydrogen-bond acceptors (Lipinski definition) is 2. The normalized spacial score (nSPS) is 22.2. The smallest absolute Gasteiger partial charge is 0.238 e. The molecule has 1 saturated carbocycles. The summed E-state index contributed by atoms with van der Waals surface area (Å²) < 4.78 is 0. The Bertz CT molecular complexity index is 386. The van der Waals surface area contributed by atoms with Crippen LogP contribution >= 0.6 is 0 Å². The van der Waals surface area contributed by atoms with E-state index in [1.807, 2.05) is 31.2 Å². The SMILES string of the molecule is CCC1CC1NCC(=O)Nc1ccc(C)cc1.